The van der Waals surface area contributed by atoms with Crippen molar-refractivity contribution in [2.24, 2.45) is 0 Å². The highest BCUT2D eigenvalue weighted by Crippen LogP contribution is 2.17. The van der Waals surface area contributed by atoms with Gasteiger partial charge in [-0.05, 0) is 0 Å². The molecule has 0 fully saturated rings. The van der Waals surface area contributed by atoms with Crippen molar-refractivity contribution in [3.8, 4) is 0 Å². The average Bonchev–Trinajstić information content (AvgIpc) is 2.16. The minimum absolute atomic E-state index is 0.349. The number of anilines is 2. The SMILES string of the molecule is CNc1cc(N(C)C)nc(C(C)C)n1. The Morgan fingerprint density at radius 3 is 2.36 bits per heavy atom. The average molecular weight is 194 g/mol. The Balaban J connectivity index is 3.13. The summed E-state index contributed by atoms with van der Waals surface area (Å²) in [5.41, 5.74) is 0. The molecule has 0 aliphatic heterocycles. The standard InChI is InChI=1S/C10H18N4/c1-7(2)10-12-8(11-3)6-9(13-10)14(4)5/h6-7H,1-5H3,(H,11,12,13). The van der Waals surface area contributed by atoms with Crippen LogP contribution in [-0.2, 0) is 0 Å². The summed E-state index contributed by atoms with van der Waals surface area (Å²) in [7, 11) is 5.82. The second-order valence-corrected chi connectivity index (χ2v) is 3.77. The predicted molar refractivity (Wildman–Crippen MR) is 60.0 cm³/mol. The van der Waals surface area contributed by atoms with E-state index in [1.807, 2.05) is 32.1 Å². The first-order valence-corrected chi connectivity index (χ1v) is 4.78. The summed E-state index contributed by atoms with van der Waals surface area (Å²) in [4.78, 5) is 10.8. The lowest BCUT2D eigenvalue weighted by Crippen LogP contribution is -2.13. The van der Waals surface area contributed by atoms with Crippen molar-refractivity contribution in [2.75, 3.05) is 31.4 Å². The zero-order valence-electron chi connectivity index (χ0n) is 9.50. The van der Waals surface area contributed by atoms with E-state index in [1.165, 1.54) is 0 Å². The lowest BCUT2D eigenvalue weighted by atomic mass is 10.2. The molecule has 0 amide bonds. The van der Waals surface area contributed by atoms with E-state index in [0.717, 1.165) is 17.5 Å². The highest BCUT2D eigenvalue weighted by atomic mass is 15.2. The van der Waals surface area contributed by atoms with Crippen molar-refractivity contribution < 1.29 is 0 Å². The van der Waals surface area contributed by atoms with Crippen LogP contribution in [0.2, 0.25) is 0 Å². The molecule has 0 spiro atoms. The highest BCUT2D eigenvalue weighted by molar-refractivity contribution is 5.48. The molecule has 14 heavy (non-hydrogen) atoms. The van der Waals surface area contributed by atoms with Gasteiger partial charge in [0.1, 0.15) is 17.5 Å². The summed E-state index contributed by atoms with van der Waals surface area (Å²) in [6, 6.07) is 1.94. The predicted octanol–water partition coefficient (Wildman–Crippen LogP) is 1.71. The quantitative estimate of drug-likeness (QED) is 0.795. The van der Waals surface area contributed by atoms with Crippen molar-refractivity contribution in [3.05, 3.63) is 11.9 Å². The van der Waals surface area contributed by atoms with Gasteiger partial charge in [-0.1, -0.05) is 13.8 Å². The molecule has 78 valence electrons. The topological polar surface area (TPSA) is 41.0 Å². The Bertz CT molecular complexity index is 281. The maximum atomic E-state index is 4.46. The van der Waals surface area contributed by atoms with Crippen molar-refractivity contribution in [2.45, 2.75) is 19.8 Å². The molecular formula is C10H18N4. The van der Waals surface area contributed by atoms with E-state index in [9.17, 15) is 0 Å². The Morgan fingerprint density at radius 1 is 1.29 bits per heavy atom. The van der Waals surface area contributed by atoms with E-state index in [4.69, 9.17) is 0 Å². The normalized spacial score (nSPS) is 10.4. The van der Waals surface area contributed by atoms with Crippen LogP contribution in [0.1, 0.15) is 25.6 Å². The molecule has 0 aliphatic rings. The Kier molecular flexibility index (Phi) is 3.28. The second kappa shape index (κ2) is 4.26. The minimum atomic E-state index is 0.349. The van der Waals surface area contributed by atoms with E-state index in [0.29, 0.717) is 5.92 Å². The molecule has 0 bridgehead atoms. The molecule has 0 aromatic carbocycles. The van der Waals surface area contributed by atoms with Crippen LogP contribution in [0.15, 0.2) is 6.07 Å². The zero-order valence-corrected chi connectivity index (χ0v) is 9.50. The molecule has 1 N–H and O–H groups in total. The largest absolute Gasteiger partial charge is 0.373 e. The molecule has 1 rings (SSSR count). The molecule has 1 heterocycles. The fraction of sp³-hybridized carbons (Fsp3) is 0.600. The first-order chi connectivity index (χ1) is 6.54. The van der Waals surface area contributed by atoms with E-state index in [-0.39, 0.29) is 0 Å². The molecule has 0 saturated heterocycles. The minimum Gasteiger partial charge on any atom is -0.373 e. The van der Waals surface area contributed by atoms with Crippen molar-refractivity contribution in [1.29, 1.82) is 0 Å². The van der Waals surface area contributed by atoms with Gasteiger partial charge in [0.15, 0.2) is 0 Å². The molecule has 4 nitrogen and oxygen atoms in total. The van der Waals surface area contributed by atoms with Crippen LogP contribution in [0.5, 0.6) is 0 Å². The van der Waals surface area contributed by atoms with E-state index < -0.39 is 0 Å². The summed E-state index contributed by atoms with van der Waals surface area (Å²) < 4.78 is 0. The molecule has 1 aromatic heterocycles. The number of nitrogens with one attached hydrogen (secondary N) is 1. The van der Waals surface area contributed by atoms with Crippen molar-refractivity contribution in [3.63, 3.8) is 0 Å². The van der Waals surface area contributed by atoms with Crippen LogP contribution >= 0.6 is 0 Å². The molecule has 0 unspecified atom stereocenters. The molecule has 1 aromatic rings. The van der Waals surface area contributed by atoms with Gasteiger partial charge in [-0.15, -0.1) is 0 Å². The molecule has 0 saturated carbocycles. The van der Waals surface area contributed by atoms with Crippen LogP contribution in [0.4, 0.5) is 11.6 Å². The number of nitrogens with zero attached hydrogens (tertiary/aromatic N) is 3. The third-order valence-electron chi connectivity index (χ3n) is 1.96. The van der Waals surface area contributed by atoms with Gasteiger partial charge in [0, 0.05) is 33.1 Å². The third-order valence-corrected chi connectivity index (χ3v) is 1.96. The number of hydrogen-bond acceptors (Lipinski definition) is 4. The fourth-order valence-electron chi connectivity index (χ4n) is 1.07. The number of aromatic nitrogens is 2. The lowest BCUT2D eigenvalue weighted by molar-refractivity contribution is 0.772. The van der Waals surface area contributed by atoms with Gasteiger partial charge in [-0.25, -0.2) is 9.97 Å². The second-order valence-electron chi connectivity index (χ2n) is 3.77. The monoisotopic (exact) mass is 194 g/mol. The Morgan fingerprint density at radius 2 is 1.93 bits per heavy atom. The first kappa shape index (κ1) is 10.8. The highest BCUT2D eigenvalue weighted by Gasteiger charge is 2.07. The Labute approximate surface area is 85.4 Å². The van der Waals surface area contributed by atoms with Gasteiger partial charge in [0.25, 0.3) is 0 Å². The fourth-order valence-corrected chi connectivity index (χ4v) is 1.07. The zero-order chi connectivity index (χ0) is 10.7. The number of rotatable bonds is 3. The van der Waals surface area contributed by atoms with Crippen molar-refractivity contribution >= 4 is 11.6 Å². The molecule has 0 atom stereocenters. The van der Waals surface area contributed by atoms with Gasteiger partial charge in [0.05, 0.1) is 0 Å². The Hall–Kier alpha value is -1.32. The molecule has 4 heteroatoms. The number of hydrogen-bond donors (Lipinski definition) is 1. The van der Waals surface area contributed by atoms with Crippen LogP contribution in [-0.4, -0.2) is 31.1 Å². The van der Waals surface area contributed by atoms with E-state index in [1.54, 1.807) is 0 Å². The lowest BCUT2D eigenvalue weighted by Gasteiger charge is -2.15. The van der Waals surface area contributed by atoms with Crippen LogP contribution in [0.25, 0.3) is 0 Å². The van der Waals surface area contributed by atoms with E-state index >= 15 is 0 Å². The smallest absolute Gasteiger partial charge is 0.135 e. The van der Waals surface area contributed by atoms with E-state index in [2.05, 4.69) is 29.1 Å². The van der Waals surface area contributed by atoms with Gasteiger partial charge in [-0.3, -0.25) is 0 Å². The van der Waals surface area contributed by atoms with Crippen molar-refractivity contribution in [1.82, 2.24) is 9.97 Å². The van der Waals surface area contributed by atoms with Gasteiger partial charge >= 0.3 is 0 Å². The summed E-state index contributed by atoms with van der Waals surface area (Å²) >= 11 is 0. The summed E-state index contributed by atoms with van der Waals surface area (Å²) in [6.45, 7) is 4.18. The van der Waals surface area contributed by atoms with Crippen LogP contribution in [0, 0.1) is 0 Å². The summed E-state index contributed by atoms with van der Waals surface area (Å²) in [5.74, 6) is 3.03. The van der Waals surface area contributed by atoms with Gasteiger partial charge in [-0.2, -0.15) is 0 Å². The maximum absolute atomic E-state index is 4.46. The molecule has 0 aliphatic carbocycles. The maximum Gasteiger partial charge on any atom is 0.135 e. The van der Waals surface area contributed by atoms with Crippen LogP contribution < -0.4 is 10.2 Å². The molecule has 0 radical (unpaired) electrons. The van der Waals surface area contributed by atoms with Gasteiger partial charge in [0.2, 0.25) is 0 Å². The summed E-state index contributed by atoms with van der Waals surface area (Å²) in [5, 5.41) is 3.04. The molecular weight excluding hydrogens is 176 g/mol. The van der Waals surface area contributed by atoms with Gasteiger partial charge < -0.3 is 10.2 Å². The summed E-state index contributed by atoms with van der Waals surface area (Å²) in [6.07, 6.45) is 0. The third kappa shape index (κ3) is 2.34. The van der Waals surface area contributed by atoms with Crippen LogP contribution in [0.3, 0.4) is 0 Å². The first-order valence-electron chi connectivity index (χ1n) is 4.78.